The zero-order valence-electron chi connectivity index (χ0n) is 25.6. The molecule has 0 aromatic heterocycles. The smallest absolute Gasteiger partial charge is 0.242 e. The molecule has 1 aliphatic rings. The summed E-state index contributed by atoms with van der Waals surface area (Å²) in [6.45, 7) is 7.47. The maximum Gasteiger partial charge on any atom is 0.242 e. The van der Waals surface area contributed by atoms with E-state index in [1.54, 1.807) is 7.11 Å². The van der Waals surface area contributed by atoms with Crippen molar-refractivity contribution >= 4 is 15.9 Å². The highest BCUT2D eigenvalue weighted by molar-refractivity contribution is 7.89. The first kappa shape index (κ1) is 34.0. The second-order valence-electron chi connectivity index (χ2n) is 11.3. The standard InChI is InChI=1S/C32H47FN2O6S/c1-24-22-35(25(2)9-10-27-11-15-29(39-5)16-12-27)32(36)19-21-40-26(3)8-6-7-20-41-31(24)23-34(4)42(37,38)30-17-13-28(33)14-18-30/h11-18,24-26,31H,6-10,19-23H2,1-5H3/t24-,25+,26-,31+/m1/s1. The van der Waals surface area contributed by atoms with Crippen LogP contribution in [0.1, 0.15) is 58.4 Å². The van der Waals surface area contributed by atoms with Gasteiger partial charge < -0.3 is 19.1 Å². The van der Waals surface area contributed by atoms with Gasteiger partial charge in [0.2, 0.25) is 15.9 Å². The summed E-state index contributed by atoms with van der Waals surface area (Å²) in [5, 5.41) is 0. The second kappa shape index (κ2) is 16.4. The van der Waals surface area contributed by atoms with Crippen molar-refractivity contribution in [3.05, 3.63) is 59.9 Å². The van der Waals surface area contributed by atoms with Crippen LogP contribution in [0.2, 0.25) is 0 Å². The molecule has 1 heterocycles. The first-order valence-electron chi connectivity index (χ1n) is 14.9. The molecular weight excluding hydrogens is 559 g/mol. The van der Waals surface area contributed by atoms with Gasteiger partial charge in [-0.2, -0.15) is 4.31 Å². The number of likely N-dealkylation sites (N-methyl/N-ethyl adjacent to an activating group) is 1. The van der Waals surface area contributed by atoms with Gasteiger partial charge in [-0.3, -0.25) is 4.79 Å². The van der Waals surface area contributed by atoms with E-state index in [1.165, 1.54) is 23.5 Å². The third-order valence-electron chi connectivity index (χ3n) is 8.00. The van der Waals surface area contributed by atoms with Crippen LogP contribution in [-0.4, -0.2) is 82.2 Å². The topological polar surface area (TPSA) is 85.4 Å². The Kier molecular flexibility index (Phi) is 13.2. The van der Waals surface area contributed by atoms with Crippen LogP contribution in [0.15, 0.2) is 53.4 Å². The van der Waals surface area contributed by atoms with Gasteiger partial charge >= 0.3 is 0 Å². The van der Waals surface area contributed by atoms with E-state index in [1.807, 2.05) is 43.0 Å². The fourth-order valence-corrected chi connectivity index (χ4v) is 6.34. The Labute approximate surface area is 251 Å². The van der Waals surface area contributed by atoms with E-state index in [0.29, 0.717) is 19.8 Å². The van der Waals surface area contributed by atoms with Crippen LogP contribution < -0.4 is 4.74 Å². The van der Waals surface area contributed by atoms with Crippen LogP contribution in [0.4, 0.5) is 4.39 Å². The molecule has 2 aromatic rings. The van der Waals surface area contributed by atoms with E-state index >= 15 is 0 Å². The summed E-state index contributed by atoms with van der Waals surface area (Å²) >= 11 is 0. The molecule has 0 unspecified atom stereocenters. The van der Waals surface area contributed by atoms with E-state index in [0.717, 1.165) is 55.5 Å². The third-order valence-corrected chi connectivity index (χ3v) is 9.83. The molecule has 10 heteroatoms. The van der Waals surface area contributed by atoms with Gasteiger partial charge in [0.1, 0.15) is 11.6 Å². The van der Waals surface area contributed by atoms with Crippen LogP contribution in [-0.2, 0) is 30.7 Å². The summed E-state index contributed by atoms with van der Waals surface area (Å²) in [6.07, 6.45) is 4.06. The minimum Gasteiger partial charge on any atom is -0.497 e. The van der Waals surface area contributed by atoms with Crippen molar-refractivity contribution in [2.75, 3.05) is 40.5 Å². The Balaban J connectivity index is 1.78. The fraction of sp³-hybridized carbons (Fsp3) is 0.594. The number of hydrogen-bond acceptors (Lipinski definition) is 6. The Morgan fingerprint density at radius 1 is 1.05 bits per heavy atom. The number of benzene rings is 2. The molecule has 1 fully saturated rings. The van der Waals surface area contributed by atoms with Crippen LogP contribution in [0.25, 0.3) is 0 Å². The average molecular weight is 607 g/mol. The van der Waals surface area contributed by atoms with Gasteiger partial charge in [-0.25, -0.2) is 12.8 Å². The lowest BCUT2D eigenvalue weighted by Gasteiger charge is -2.36. The number of nitrogens with zero attached hydrogens (tertiary/aromatic N) is 2. The first-order chi connectivity index (χ1) is 20.0. The largest absolute Gasteiger partial charge is 0.497 e. The molecule has 3 rings (SSSR count). The molecule has 8 nitrogen and oxygen atoms in total. The molecule has 0 spiro atoms. The average Bonchev–Trinajstić information content (AvgIpc) is 2.97. The number of sulfonamides is 1. The summed E-state index contributed by atoms with van der Waals surface area (Å²) in [4.78, 5) is 15.5. The number of carbonyl (C=O) groups excluding carboxylic acids is 1. The Hall–Kier alpha value is -2.53. The number of amides is 1. The number of hydrogen-bond donors (Lipinski definition) is 0. The highest BCUT2D eigenvalue weighted by atomic mass is 32.2. The molecule has 1 amide bonds. The predicted molar refractivity (Wildman–Crippen MR) is 161 cm³/mol. The molecule has 0 saturated carbocycles. The monoisotopic (exact) mass is 606 g/mol. The van der Waals surface area contributed by atoms with Gasteiger partial charge in [0.25, 0.3) is 0 Å². The van der Waals surface area contributed by atoms with Crippen LogP contribution >= 0.6 is 0 Å². The van der Waals surface area contributed by atoms with E-state index < -0.39 is 21.9 Å². The number of methoxy groups -OCH3 is 1. The summed E-state index contributed by atoms with van der Waals surface area (Å²) in [7, 11) is -0.697. The molecule has 1 aliphatic heterocycles. The zero-order valence-corrected chi connectivity index (χ0v) is 26.4. The van der Waals surface area contributed by atoms with Crippen molar-refractivity contribution in [3.8, 4) is 5.75 Å². The normalized spacial score (nSPS) is 22.5. The maximum atomic E-state index is 13.5. The van der Waals surface area contributed by atoms with Crippen LogP contribution in [0.5, 0.6) is 5.75 Å². The lowest BCUT2D eigenvalue weighted by atomic mass is 10.00. The van der Waals surface area contributed by atoms with Crippen LogP contribution in [0, 0.1) is 11.7 Å². The fourth-order valence-electron chi connectivity index (χ4n) is 5.16. The van der Waals surface area contributed by atoms with E-state index in [9.17, 15) is 17.6 Å². The Morgan fingerprint density at radius 2 is 1.74 bits per heavy atom. The van der Waals surface area contributed by atoms with Crippen molar-refractivity contribution in [3.63, 3.8) is 0 Å². The molecule has 0 radical (unpaired) electrons. The van der Waals surface area contributed by atoms with Crippen LogP contribution in [0.3, 0.4) is 0 Å². The SMILES string of the molecule is COc1ccc(CC[C@H](C)N2C[C@@H](C)[C@H](CN(C)S(=O)(=O)c3ccc(F)cc3)OCCCC[C@@H](C)OCCC2=O)cc1. The number of carbonyl (C=O) groups is 1. The van der Waals surface area contributed by atoms with Crippen molar-refractivity contribution in [1.29, 1.82) is 0 Å². The molecule has 0 N–H and O–H groups in total. The molecule has 234 valence electrons. The van der Waals surface area contributed by atoms with Gasteiger partial charge in [-0.05, 0) is 87.9 Å². The Morgan fingerprint density at radius 3 is 2.40 bits per heavy atom. The third kappa shape index (κ3) is 10.0. The minimum absolute atomic E-state index is 0.0133. The van der Waals surface area contributed by atoms with Gasteiger partial charge in [0.05, 0.1) is 37.2 Å². The predicted octanol–water partition coefficient (Wildman–Crippen LogP) is 5.31. The molecule has 0 bridgehead atoms. The molecule has 4 atom stereocenters. The highest BCUT2D eigenvalue weighted by Crippen LogP contribution is 2.22. The van der Waals surface area contributed by atoms with Crippen molar-refractivity contribution in [2.24, 2.45) is 5.92 Å². The quantitative estimate of drug-likeness (QED) is 0.385. The molecule has 0 aliphatic carbocycles. The second-order valence-corrected chi connectivity index (χ2v) is 13.4. The van der Waals surface area contributed by atoms with Crippen molar-refractivity contribution in [1.82, 2.24) is 9.21 Å². The first-order valence-corrected chi connectivity index (χ1v) is 16.3. The van der Waals surface area contributed by atoms with Crippen molar-refractivity contribution < 1.29 is 31.8 Å². The summed E-state index contributed by atoms with van der Waals surface area (Å²) in [6, 6.07) is 12.7. The summed E-state index contributed by atoms with van der Waals surface area (Å²) in [5.74, 6) is 0.174. The highest BCUT2D eigenvalue weighted by Gasteiger charge is 2.31. The summed E-state index contributed by atoms with van der Waals surface area (Å²) < 4.78 is 58.7. The van der Waals surface area contributed by atoms with Gasteiger partial charge in [0.15, 0.2) is 0 Å². The number of rotatable bonds is 9. The molecule has 2 aromatic carbocycles. The van der Waals surface area contributed by atoms with Crippen molar-refractivity contribution in [2.45, 2.75) is 82.4 Å². The lowest BCUT2D eigenvalue weighted by Crippen LogP contribution is -2.47. The number of halogens is 1. The molecule has 1 saturated heterocycles. The summed E-state index contributed by atoms with van der Waals surface area (Å²) in [5.41, 5.74) is 1.16. The minimum atomic E-state index is -3.85. The van der Waals surface area contributed by atoms with E-state index in [-0.39, 0.29) is 41.8 Å². The lowest BCUT2D eigenvalue weighted by molar-refractivity contribution is -0.136. The maximum absolute atomic E-state index is 13.5. The zero-order chi connectivity index (χ0) is 30.7. The molecule has 42 heavy (non-hydrogen) atoms. The van der Waals surface area contributed by atoms with Gasteiger partial charge in [0, 0.05) is 38.7 Å². The van der Waals surface area contributed by atoms with Gasteiger partial charge in [-0.15, -0.1) is 0 Å². The number of ether oxygens (including phenoxy) is 3. The van der Waals surface area contributed by atoms with E-state index in [2.05, 4.69) is 6.92 Å². The van der Waals surface area contributed by atoms with Gasteiger partial charge in [-0.1, -0.05) is 19.1 Å². The molecular formula is C32H47FN2O6S. The Bertz CT molecular complexity index is 1210. The number of aryl methyl sites for hydroxylation is 1. The van der Waals surface area contributed by atoms with E-state index in [4.69, 9.17) is 14.2 Å².